The Hall–Kier alpha value is -0.890. The van der Waals surface area contributed by atoms with E-state index >= 15 is 0 Å². The van der Waals surface area contributed by atoms with Crippen molar-refractivity contribution in [1.82, 2.24) is 15.2 Å². The number of hydrogen-bond acceptors (Lipinski definition) is 5. The van der Waals surface area contributed by atoms with Gasteiger partial charge in [0.2, 0.25) is 5.91 Å². The van der Waals surface area contributed by atoms with Crippen molar-refractivity contribution in [3.05, 3.63) is 11.1 Å². The summed E-state index contributed by atoms with van der Waals surface area (Å²) >= 11 is 1.29. The zero-order chi connectivity index (χ0) is 15.2. The Bertz CT molecular complexity index is 507. The molecule has 0 spiro atoms. The highest BCUT2D eigenvalue weighted by atomic mass is 35.5. The van der Waals surface area contributed by atoms with Crippen molar-refractivity contribution < 1.29 is 9.59 Å². The van der Waals surface area contributed by atoms with E-state index in [0.717, 1.165) is 38.9 Å². The van der Waals surface area contributed by atoms with Crippen LogP contribution >= 0.6 is 36.2 Å². The first-order valence-corrected chi connectivity index (χ1v) is 8.24. The second kappa shape index (κ2) is 10.8. The Morgan fingerprint density at radius 1 is 1.39 bits per heavy atom. The van der Waals surface area contributed by atoms with Crippen molar-refractivity contribution in [2.24, 2.45) is 0 Å². The van der Waals surface area contributed by atoms with Gasteiger partial charge in [-0.1, -0.05) is 6.92 Å². The maximum absolute atomic E-state index is 12.7. The molecular weight excluding hydrogens is 359 g/mol. The maximum atomic E-state index is 12.7. The molecule has 1 saturated heterocycles. The molecule has 0 bridgehead atoms. The fourth-order valence-electron chi connectivity index (χ4n) is 2.54. The highest BCUT2D eigenvalue weighted by molar-refractivity contribution is 7.14. The highest BCUT2D eigenvalue weighted by Gasteiger charge is 2.27. The third-order valence-corrected chi connectivity index (χ3v) is 4.24. The fourth-order valence-corrected chi connectivity index (χ4v) is 3.27. The van der Waals surface area contributed by atoms with Crippen LogP contribution in [0.4, 0.5) is 5.13 Å². The molecule has 6 nitrogen and oxygen atoms in total. The Morgan fingerprint density at radius 3 is 2.61 bits per heavy atom. The minimum atomic E-state index is -0.174. The van der Waals surface area contributed by atoms with Crippen LogP contribution in [-0.4, -0.2) is 47.4 Å². The topological polar surface area (TPSA) is 74.3 Å². The van der Waals surface area contributed by atoms with Crippen molar-refractivity contribution in [3.8, 4) is 0 Å². The number of carbonyl (C=O) groups is 2. The molecule has 2 rings (SSSR count). The second-order valence-electron chi connectivity index (χ2n) is 5.20. The van der Waals surface area contributed by atoms with Crippen LogP contribution in [0.2, 0.25) is 0 Å². The molecule has 2 N–H and O–H groups in total. The highest BCUT2D eigenvalue weighted by Crippen LogP contribution is 2.20. The van der Waals surface area contributed by atoms with E-state index in [1.54, 1.807) is 5.38 Å². The number of amides is 2. The fraction of sp³-hybridized carbons (Fsp3) is 0.643. The van der Waals surface area contributed by atoms with Crippen molar-refractivity contribution in [3.63, 3.8) is 0 Å². The van der Waals surface area contributed by atoms with Crippen molar-refractivity contribution >= 4 is 53.1 Å². The van der Waals surface area contributed by atoms with E-state index < -0.39 is 0 Å². The molecule has 9 heteroatoms. The number of nitrogens with one attached hydrogen (secondary N) is 2. The minimum absolute atomic E-state index is 0. The number of hydrogen-bond donors (Lipinski definition) is 2. The first kappa shape index (κ1) is 22.1. The summed E-state index contributed by atoms with van der Waals surface area (Å²) in [6, 6.07) is 0.282. The lowest BCUT2D eigenvalue weighted by molar-refractivity contribution is -0.114. The van der Waals surface area contributed by atoms with Gasteiger partial charge < -0.3 is 15.5 Å². The molecule has 2 heterocycles. The zero-order valence-corrected chi connectivity index (χ0v) is 15.8. The number of piperidine rings is 1. The number of thiazole rings is 1. The number of nitrogens with zero attached hydrogens (tertiary/aromatic N) is 2. The Morgan fingerprint density at radius 2 is 2.04 bits per heavy atom. The van der Waals surface area contributed by atoms with E-state index in [2.05, 4.69) is 22.5 Å². The number of carbonyl (C=O) groups excluding carboxylic acids is 2. The Labute approximate surface area is 153 Å². The smallest absolute Gasteiger partial charge is 0.273 e. The summed E-state index contributed by atoms with van der Waals surface area (Å²) in [4.78, 5) is 29.9. The van der Waals surface area contributed by atoms with Gasteiger partial charge in [-0.3, -0.25) is 9.59 Å². The third kappa shape index (κ3) is 6.25. The summed E-state index contributed by atoms with van der Waals surface area (Å²) in [6.45, 7) is 6.15. The van der Waals surface area contributed by atoms with Gasteiger partial charge in [-0.15, -0.1) is 36.2 Å². The third-order valence-electron chi connectivity index (χ3n) is 3.48. The first-order valence-electron chi connectivity index (χ1n) is 7.36. The van der Waals surface area contributed by atoms with E-state index in [1.807, 2.05) is 4.90 Å². The van der Waals surface area contributed by atoms with E-state index in [0.29, 0.717) is 10.8 Å². The number of anilines is 1. The number of aromatic nitrogens is 1. The molecular formula is C14H24Cl2N4O2S. The van der Waals surface area contributed by atoms with E-state index in [-0.39, 0.29) is 42.7 Å². The second-order valence-corrected chi connectivity index (χ2v) is 6.06. The van der Waals surface area contributed by atoms with E-state index in [9.17, 15) is 9.59 Å². The van der Waals surface area contributed by atoms with Gasteiger partial charge in [-0.2, -0.15) is 0 Å². The average Bonchev–Trinajstić information content (AvgIpc) is 2.92. The molecule has 1 aromatic rings. The maximum Gasteiger partial charge on any atom is 0.273 e. The quantitative estimate of drug-likeness (QED) is 0.820. The summed E-state index contributed by atoms with van der Waals surface area (Å²) in [5.41, 5.74) is 0.427. The molecule has 0 aromatic carbocycles. The molecule has 1 aliphatic rings. The van der Waals surface area contributed by atoms with Gasteiger partial charge in [0, 0.05) is 24.9 Å². The molecule has 1 aromatic heterocycles. The first-order chi connectivity index (χ1) is 10.1. The molecule has 132 valence electrons. The van der Waals surface area contributed by atoms with Gasteiger partial charge in [0.05, 0.1) is 0 Å². The van der Waals surface area contributed by atoms with Crippen LogP contribution in [0.15, 0.2) is 5.38 Å². The summed E-state index contributed by atoms with van der Waals surface area (Å²) in [5, 5.41) is 8.13. The minimum Gasteiger partial charge on any atom is -0.334 e. The summed E-state index contributed by atoms with van der Waals surface area (Å²) in [6.07, 6.45) is 2.89. The molecule has 0 aliphatic carbocycles. The van der Waals surface area contributed by atoms with Crippen LogP contribution in [0, 0.1) is 0 Å². The summed E-state index contributed by atoms with van der Waals surface area (Å²) < 4.78 is 0. The van der Waals surface area contributed by atoms with Gasteiger partial charge >= 0.3 is 0 Å². The number of halogens is 2. The van der Waals surface area contributed by atoms with Crippen LogP contribution in [-0.2, 0) is 4.79 Å². The standard InChI is InChI=1S/C14H22N4O2S.2ClH/c1-3-8-18(11-4-6-15-7-5-11)13(20)12-9-21-14(17-12)16-10(2)19;;/h9,11,15H,3-8H2,1-2H3,(H,16,17,19);2*1H. The van der Waals surface area contributed by atoms with Crippen LogP contribution in [0.1, 0.15) is 43.6 Å². The molecule has 1 fully saturated rings. The van der Waals surface area contributed by atoms with Gasteiger partial charge in [0.1, 0.15) is 5.69 Å². The predicted molar refractivity (Wildman–Crippen MR) is 98.1 cm³/mol. The largest absolute Gasteiger partial charge is 0.334 e. The Kier molecular flexibility index (Phi) is 10.4. The number of rotatable bonds is 5. The summed E-state index contributed by atoms with van der Waals surface area (Å²) in [5.74, 6) is -0.205. The molecule has 0 atom stereocenters. The molecule has 0 saturated carbocycles. The van der Waals surface area contributed by atoms with Crippen molar-refractivity contribution in [2.75, 3.05) is 25.0 Å². The molecule has 1 aliphatic heterocycles. The van der Waals surface area contributed by atoms with Crippen LogP contribution in [0.5, 0.6) is 0 Å². The lowest BCUT2D eigenvalue weighted by Crippen LogP contribution is -2.46. The lowest BCUT2D eigenvalue weighted by Gasteiger charge is -2.34. The van der Waals surface area contributed by atoms with Crippen LogP contribution < -0.4 is 10.6 Å². The van der Waals surface area contributed by atoms with E-state index in [1.165, 1.54) is 18.3 Å². The van der Waals surface area contributed by atoms with Crippen LogP contribution in [0.3, 0.4) is 0 Å². The van der Waals surface area contributed by atoms with Gasteiger partial charge in [0.25, 0.3) is 5.91 Å². The lowest BCUT2D eigenvalue weighted by atomic mass is 10.0. The summed E-state index contributed by atoms with van der Waals surface area (Å²) in [7, 11) is 0. The average molecular weight is 383 g/mol. The van der Waals surface area contributed by atoms with Crippen LogP contribution in [0.25, 0.3) is 0 Å². The molecule has 2 amide bonds. The predicted octanol–water partition coefficient (Wildman–Crippen LogP) is 2.55. The van der Waals surface area contributed by atoms with Gasteiger partial charge in [-0.05, 0) is 32.4 Å². The van der Waals surface area contributed by atoms with Crippen molar-refractivity contribution in [1.29, 1.82) is 0 Å². The van der Waals surface area contributed by atoms with Gasteiger partial charge in [-0.25, -0.2) is 4.98 Å². The van der Waals surface area contributed by atoms with E-state index in [4.69, 9.17) is 0 Å². The Balaban J connectivity index is 0.00000242. The molecule has 23 heavy (non-hydrogen) atoms. The molecule has 0 radical (unpaired) electrons. The SMILES string of the molecule is CCCN(C(=O)c1csc(NC(C)=O)n1)C1CCNCC1.Cl.Cl. The normalized spacial score (nSPS) is 14.3. The zero-order valence-electron chi connectivity index (χ0n) is 13.3. The van der Waals surface area contributed by atoms with Gasteiger partial charge in [0.15, 0.2) is 5.13 Å². The monoisotopic (exact) mass is 382 g/mol. The van der Waals surface area contributed by atoms with Crippen molar-refractivity contribution in [2.45, 2.75) is 39.2 Å². The molecule has 0 unspecified atom stereocenters.